The maximum atomic E-state index is 12.4. The Hall–Kier alpha value is -0.260. The van der Waals surface area contributed by atoms with Crippen molar-refractivity contribution in [3.63, 3.8) is 0 Å². The molecule has 1 aliphatic heterocycles. The van der Waals surface area contributed by atoms with E-state index in [1.165, 1.54) is 19.3 Å². The number of thioether (sulfide) groups is 1. The normalized spacial score (nSPS) is 34.8. The van der Waals surface area contributed by atoms with Gasteiger partial charge in [0.15, 0.2) is 0 Å². The first-order chi connectivity index (χ1) is 9.49. The van der Waals surface area contributed by atoms with Gasteiger partial charge in [0.1, 0.15) is 0 Å². The summed E-state index contributed by atoms with van der Waals surface area (Å²) in [6, 6.07) is 0.576. The van der Waals surface area contributed by atoms with Gasteiger partial charge in [0.2, 0.25) is 5.91 Å². The van der Waals surface area contributed by atoms with Crippen LogP contribution in [0.3, 0.4) is 0 Å². The molecule has 2 aliphatic rings. The summed E-state index contributed by atoms with van der Waals surface area (Å²) in [5.41, 5.74) is 0. The van der Waals surface area contributed by atoms with Crippen LogP contribution in [0.1, 0.15) is 33.1 Å². The predicted octanol–water partition coefficient (Wildman–Crippen LogP) is 1.84. The van der Waals surface area contributed by atoms with Gasteiger partial charge in [0.05, 0.1) is 18.8 Å². The van der Waals surface area contributed by atoms with Crippen LogP contribution in [0.2, 0.25) is 0 Å². The standard InChI is InChI=1S/C15H28N2O2S/c1-11-8-17(9-12(2)19-11)15(18)10-16(3)13-5-6-14(7-13)20-4/h11-14H,5-10H2,1-4H3/t11-,12+,13-,14+/m0/s1. The Morgan fingerprint density at radius 2 is 1.95 bits per heavy atom. The number of carbonyl (C=O) groups excluding carboxylic acids is 1. The average Bonchev–Trinajstić information content (AvgIpc) is 2.86. The lowest BCUT2D eigenvalue weighted by atomic mass is 10.2. The van der Waals surface area contributed by atoms with Crippen molar-refractivity contribution in [1.82, 2.24) is 9.80 Å². The van der Waals surface area contributed by atoms with E-state index < -0.39 is 0 Å². The largest absolute Gasteiger partial charge is 0.372 e. The van der Waals surface area contributed by atoms with Gasteiger partial charge < -0.3 is 9.64 Å². The molecule has 0 unspecified atom stereocenters. The molecular weight excluding hydrogens is 272 g/mol. The predicted molar refractivity (Wildman–Crippen MR) is 84.2 cm³/mol. The number of hydrogen-bond donors (Lipinski definition) is 0. The van der Waals surface area contributed by atoms with Gasteiger partial charge >= 0.3 is 0 Å². The minimum Gasteiger partial charge on any atom is -0.372 e. The third-order valence-electron chi connectivity index (χ3n) is 4.47. The van der Waals surface area contributed by atoms with Crippen molar-refractivity contribution in [3.8, 4) is 0 Å². The molecule has 2 fully saturated rings. The summed E-state index contributed by atoms with van der Waals surface area (Å²) >= 11 is 1.96. The Balaban J connectivity index is 1.81. The van der Waals surface area contributed by atoms with Gasteiger partial charge in [-0.1, -0.05) is 0 Å². The van der Waals surface area contributed by atoms with Crippen LogP contribution in [0.15, 0.2) is 0 Å². The van der Waals surface area contributed by atoms with Gasteiger partial charge in [-0.15, -0.1) is 0 Å². The van der Waals surface area contributed by atoms with E-state index in [2.05, 4.69) is 18.2 Å². The molecular formula is C15H28N2O2S. The third kappa shape index (κ3) is 4.12. The highest BCUT2D eigenvalue weighted by Gasteiger charge is 2.30. The monoisotopic (exact) mass is 300 g/mol. The van der Waals surface area contributed by atoms with Crippen LogP contribution in [0, 0.1) is 0 Å². The summed E-state index contributed by atoms with van der Waals surface area (Å²) in [6.45, 7) is 6.09. The first-order valence-electron chi connectivity index (χ1n) is 7.65. The molecule has 1 amide bonds. The maximum absolute atomic E-state index is 12.4. The fourth-order valence-electron chi connectivity index (χ4n) is 3.36. The molecule has 4 atom stereocenters. The molecule has 1 heterocycles. The van der Waals surface area contributed by atoms with Crippen molar-refractivity contribution >= 4 is 17.7 Å². The highest BCUT2D eigenvalue weighted by atomic mass is 32.2. The highest BCUT2D eigenvalue weighted by molar-refractivity contribution is 7.99. The lowest BCUT2D eigenvalue weighted by Gasteiger charge is -2.36. The van der Waals surface area contributed by atoms with Crippen LogP contribution in [-0.2, 0) is 9.53 Å². The average molecular weight is 300 g/mol. The number of ether oxygens (including phenoxy) is 1. The second-order valence-electron chi connectivity index (χ2n) is 6.30. The van der Waals surface area contributed by atoms with Gasteiger partial charge in [-0.2, -0.15) is 11.8 Å². The Morgan fingerprint density at radius 1 is 1.30 bits per heavy atom. The number of hydrogen-bond acceptors (Lipinski definition) is 4. The summed E-state index contributed by atoms with van der Waals surface area (Å²) in [7, 11) is 2.10. The molecule has 2 rings (SSSR count). The minimum absolute atomic E-state index is 0.153. The van der Waals surface area contributed by atoms with Crippen molar-refractivity contribution in [1.29, 1.82) is 0 Å². The second kappa shape index (κ2) is 7.14. The molecule has 0 spiro atoms. The van der Waals surface area contributed by atoms with E-state index in [4.69, 9.17) is 4.74 Å². The summed E-state index contributed by atoms with van der Waals surface area (Å²) in [5.74, 6) is 0.252. The van der Waals surface area contributed by atoms with Gasteiger partial charge in [-0.3, -0.25) is 9.69 Å². The van der Waals surface area contributed by atoms with Gasteiger partial charge in [-0.05, 0) is 46.4 Å². The Bertz CT molecular complexity index is 330. The Morgan fingerprint density at radius 3 is 2.50 bits per heavy atom. The fraction of sp³-hybridized carbons (Fsp3) is 0.933. The molecule has 0 aromatic heterocycles. The van der Waals surface area contributed by atoms with Crippen LogP contribution in [0.4, 0.5) is 0 Å². The number of carbonyl (C=O) groups is 1. The van der Waals surface area contributed by atoms with E-state index in [1.54, 1.807) is 0 Å². The molecule has 0 aromatic rings. The van der Waals surface area contributed by atoms with Crippen molar-refractivity contribution in [2.75, 3.05) is 32.9 Å². The first-order valence-corrected chi connectivity index (χ1v) is 8.94. The summed E-state index contributed by atoms with van der Waals surface area (Å²) in [4.78, 5) is 16.7. The molecule has 20 heavy (non-hydrogen) atoms. The van der Waals surface area contributed by atoms with Gasteiger partial charge in [-0.25, -0.2) is 0 Å². The molecule has 0 aromatic carbocycles. The molecule has 0 bridgehead atoms. The number of rotatable bonds is 4. The molecule has 1 aliphatic carbocycles. The van der Waals surface area contributed by atoms with Crippen LogP contribution < -0.4 is 0 Å². The molecule has 1 saturated carbocycles. The van der Waals surface area contributed by atoms with Crippen molar-refractivity contribution in [2.45, 2.75) is 56.6 Å². The van der Waals surface area contributed by atoms with Gasteiger partial charge in [0.25, 0.3) is 0 Å². The zero-order chi connectivity index (χ0) is 14.7. The zero-order valence-electron chi connectivity index (χ0n) is 13.2. The van der Waals surface area contributed by atoms with Crippen LogP contribution in [0.5, 0.6) is 0 Å². The SMILES string of the molecule is CS[C@@H]1CC[C@H](N(C)CC(=O)N2C[C@@H](C)O[C@@H](C)C2)C1. The van der Waals surface area contributed by atoms with Crippen LogP contribution in [0.25, 0.3) is 0 Å². The molecule has 4 nitrogen and oxygen atoms in total. The summed E-state index contributed by atoms with van der Waals surface area (Å²) in [6.07, 6.45) is 6.23. The van der Waals surface area contributed by atoms with Crippen LogP contribution in [-0.4, -0.2) is 72.1 Å². The number of amides is 1. The van der Waals surface area contributed by atoms with Gasteiger partial charge in [0, 0.05) is 24.4 Å². The fourth-order valence-corrected chi connectivity index (χ4v) is 4.14. The Kier molecular flexibility index (Phi) is 5.75. The van der Waals surface area contributed by atoms with Crippen molar-refractivity contribution < 1.29 is 9.53 Å². The molecule has 5 heteroatoms. The second-order valence-corrected chi connectivity index (χ2v) is 7.43. The van der Waals surface area contributed by atoms with E-state index >= 15 is 0 Å². The minimum atomic E-state index is 0.153. The third-order valence-corrected chi connectivity index (χ3v) is 5.57. The first kappa shape index (κ1) is 16.1. The zero-order valence-corrected chi connectivity index (χ0v) is 14.0. The molecule has 0 N–H and O–H groups in total. The van der Waals surface area contributed by atoms with E-state index in [0.29, 0.717) is 12.6 Å². The molecule has 116 valence electrons. The summed E-state index contributed by atoms with van der Waals surface area (Å²) < 4.78 is 5.69. The quantitative estimate of drug-likeness (QED) is 0.793. The summed E-state index contributed by atoms with van der Waals surface area (Å²) in [5, 5.41) is 0.779. The number of morpholine rings is 1. The van der Waals surface area contributed by atoms with E-state index in [1.807, 2.05) is 30.5 Å². The lowest BCUT2D eigenvalue weighted by Crippen LogP contribution is -2.51. The van der Waals surface area contributed by atoms with E-state index in [9.17, 15) is 4.79 Å². The van der Waals surface area contributed by atoms with E-state index in [0.717, 1.165) is 18.3 Å². The van der Waals surface area contributed by atoms with Crippen LogP contribution >= 0.6 is 11.8 Å². The molecule has 0 radical (unpaired) electrons. The Labute approximate surface area is 127 Å². The van der Waals surface area contributed by atoms with Crippen molar-refractivity contribution in [3.05, 3.63) is 0 Å². The number of likely N-dealkylation sites (N-methyl/N-ethyl adjacent to an activating group) is 1. The lowest BCUT2D eigenvalue weighted by molar-refractivity contribution is -0.144. The topological polar surface area (TPSA) is 32.8 Å². The van der Waals surface area contributed by atoms with Crippen molar-refractivity contribution in [2.24, 2.45) is 0 Å². The smallest absolute Gasteiger partial charge is 0.236 e. The highest BCUT2D eigenvalue weighted by Crippen LogP contribution is 2.30. The number of nitrogens with zero attached hydrogens (tertiary/aromatic N) is 2. The molecule has 1 saturated heterocycles. The maximum Gasteiger partial charge on any atom is 0.236 e. The van der Waals surface area contributed by atoms with E-state index in [-0.39, 0.29) is 18.1 Å².